The van der Waals surface area contributed by atoms with Crippen molar-refractivity contribution in [3.63, 3.8) is 0 Å². The van der Waals surface area contributed by atoms with Gasteiger partial charge in [0.05, 0.1) is 12.7 Å². The van der Waals surface area contributed by atoms with Gasteiger partial charge in [-0.05, 0) is 50.0 Å². The van der Waals surface area contributed by atoms with Crippen LogP contribution < -0.4 is 10.6 Å². The van der Waals surface area contributed by atoms with Crippen LogP contribution in [0.1, 0.15) is 25.7 Å². The van der Waals surface area contributed by atoms with Crippen molar-refractivity contribution in [1.29, 1.82) is 0 Å². The largest absolute Gasteiger partial charge is 0.374 e. The lowest BCUT2D eigenvalue weighted by Crippen LogP contribution is -2.44. The Kier molecular flexibility index (Phi) is 3.46. The van der Waals surface area contributed by atoms with Crippen molar-refractivity contribution in [2.45, 2.75) is 31.8 Å². The van der Waals surface area contributed by atoms with E-state index >= 15 is 0 Å². The molecule has 1 atom stereocenters. The van der Waals surface area contributed by atoms with Crippen molar-refractivity contribution < 1.29 is 4.74 Å². The van der Waals surface area contributed by atoms with E-state index in [1.54, 1.807) is 0 Å². The summed E-state index contributed by atoms with van der Waals surface area (Å²) >= 11 is 0. The van der Waals surface area contributed by atoms with Gasteiger partial charge in [0.25, 0.3) is 0 Å². The van der Waals surface area contributed by atoms with Gasteiger partial charge >= 0.3 is 0 Å². The van der Waals surface area contributed by atoms with E-state index in [1.807, 2.05) is 0 Å². The molecule has 92 valence electrons. The second kappa shape index (κ2) is 5.03. The highest BCUT2D eigenvalue weighted by Crippen LogP contribution is 2.48. The van der Waals surface area contributed by atoms with Crippen LogP contribution >= 0.6 is 0 Å². The highest BCUT2D eigenvalue weighted by molar-refractivity contribution is 4.92. The maximum atomic E-state index is 5.69. The lowest BCUT2D eigenvalue weighted by atomic mass is 9.98. The molecule has 0 bridgehead atoms. The predicted molar refractivity (Wildman–Crippen MR) is 64.4 cm³/mol. The summed E-state index contributed by atoms with van der Waals surface area (Å²) in [5, 5.41) is 7.01. The molecule has 3 heteroatoms. The van der Waals surface area contributed by atoms with Crippen molar-refractivity contribution >= 4 is 0 Å². The molecule has 0 aromatic carbocycles. The summed E-state index contributed by atoms with van der Waals surface area (Å²) < 4.78 is 5.69. The Morgan fingerprint density at radius 1 is 1.19 bits per heavy atom. The fraction of sp³-hybridized carbons (Fsp3) is 1.00. The third-order valence-corrected chi connectivity index (χ3v) is 4.21. The first-order valence-electron chi connectivity index (χ1n) is 6.96. The quantitative estimate of drug-likeness (QED) is 0.706. The highest BCUT2D eigenvalue weighted by Gasteiger charge is 2.40. The van der Waals surface area contributed by atoms with E-state index < -0.39 is 0 Å². The topological polar surface area (TPSA) is 33.3 Å². The summed E-state index contributed by atoms with van der Waals surface area (Å²) in [5.74, 6) is 3.10. The Bertz CT molecular complexity index is 208. The normalized spacial score (nSPS) is 30.9. The molecule has 1 unspecified atom stereocenters. The molecule has 0 aromatic heterocycles. The third-order valence-electron chi connectivity index (χ3n) is 4.21. The molecule has 1 heterocycles. The van der Waals surface area contributed by atoms with Gasteiger partial charge in [-0.25, -0.2) is 0 Å². The van der Waals surface area contributed by atoms with Crippen LogP contribution in [0.3, 0.4) is 0 Å². The molecule has 1 saturated heterocycles. The van der Waals surface area contributed by atoms with Crippen molar-refractivity contribution in [3.05, 3.63) is 0 Å². The molecule has 2 aliphatic carbocycles. The van der Waals surface area contributed by atoms with Crippen LogP contribution in [0.5, 0.6) is 0 Å². The number of ether oxygens (including phenoxy) is 1. The summed E-state index contributed by atoms with van der Waals surface area (Å²) in [6, 6.07) is 0. The Balaban J connectivity index is 1.34. The predicted octanol–water partition coefficient (Wildman–Crippen LogP) is 1.00. The van der Waals surface area contributed by atoms with Gasteiger partial charge in [-0.2, -0.15) is 0 Å². The van der Waals surface area contributed by atoms with E-state index in [0.29, 0.717) is 6.10 Å². The van der Waals surface area contributed by atoms with Crippen LogP contribution in [0.15, 0.2) is 0 Å². The maximum Gasteiger partial charge on any atom is 0.0824 e. The lowest BCUT2D eigenvalue weighted by Gasteiger charge is -2.25. The van der Waals surface area contributed by atoms with E-state index in [-0.39, 0.29) is 0 Å². The smallest absolute Gasteiger partial charge is 0.0824 e. The highest BCUT2D eigenvalue weighted by atomic mass is 16.5. The van der Waals surface area contributed by atoms with Crippen LogP contribution in [-0.4, -0.2) is 38.9 Å². The summed E-state index contributed by atoms with van der Waals surface area (Å²) in [5.41, 5.74) is 0. The lowest BCUT2D eigenvalue weighted by molar-refractivity contribution is 0.0285. The Morgan fingerprint density at radius 3 is 2.50 bits per heavy atom. The average Bonchev–Trinajstić information content (AvgIpc) is 3.17. The summed E-state index contributed by atoms with van der Waals surface area (Å²) in [6.07, 6.45) is 6.36. The molecule has 0 amide bonds. The first-order valence-corrected chi connectivity index (χ1v) is 6.96. The molecule has 0 aromatic rings. The van der Waals surface area contributed by atoms with Crippen LogP contribution in [0.4, 0.5) is 0 Å². The molecule has 16 heavy (non-hydrogen) atoms. The summed E-state index contributed by atoms with van der Waals surface area (Å²) in [6.45, 7) is 5.17. The minimum atomic E-state index is 0.396. The second-order valence-electron chi connectivity index (χ2n) is 5.69. The van der Waals surface area contributed by atoms with Gasteiger partial charge in [0.2, 0.25) is 0 Å². The van der Waals surface area contributed by atoms with Crippen molar-refractivity contribution in [3.8, 4) is 0 Å². The minimum absolute atomic E-state index is 0.396. The maximum absolute atomic E-state index is 5.69. The van der Waals surface area contributed by atoms with Gasteiger partial charge in [-0.1, -0.05) is 0 Å². The number of hydrogen-bond acceptors (Lipinski definition) is 3. The Morgan fingerprint density at radius 2 is 1.94 bits per heavy atom. The van der Waals surface area contributed by atoms with Crippen LogP contribution in [0.2, 0.25) is 0 Å². The van der Waals surface area contributed by atoms with Crippen molar-refractivity contribution in [1.82, 2.24) is 10.6 Å². The van der Waals surface area contributed by atoms with E-state index in [4.69, 9.17) is 4.74 Å². The zero-order valence-corrected chi connectivity index (χ0v) is 10.1. The van der Waals surface area contributed by atoms with Crippen LogP contribution in [0, 0.1) is 17.8 Å². The zero-order valence-electron chi connectivity index (χ0n) is 10.1. The first kappa shape index (κ1) is 11.0. The van der Waals surface area contributed by atoms with Gasteiger partial charge in [0, 0.05) is 19.6 Å². The fourth-order valence-corrected chi connectivity index (χ4v) is 2.93. The van der Waals surface area contributed by atoms with Gasteiger partial charge in [0.1, 0.15) is 0 Å². The van der Waals surface area contributed by atoms with E-state index in [9.17, 15) is 0 Å². The minimum Gasteiger partial charge on any atom is -0.374 e. The summed E-state index contributed by atoms with van der Waals surface area (Å²) in [4.78, 5) is 0. The molecule has 2 N–H and O–H groups in total. The van der Waals surface area contributed by atoms with Crippen molar-refractivity contribution in [2.24, 2.45) is 17.8 Å². The zero-order chi connectivity index (χ0) is 10.8. The van der Waals surface area contributed by atoms with Crippen LogP contribution in [-0.2, 0) is 4.74 Å². The molecule has 3 nitrogen and oxygen atoms in total. The molecule has 0 radical (unpaired) electrons. The van der Waals surface area contributed by atoms with Gasteiger partial charge in [-0.15, -0.1) is 0 Å². The molecule has 3 fully saturated rings. The Hall–Kier alpha value is -0.120. The first-order chi connectivity index (χ1) is 7.93. The Labute approximate surface area is 98.3 Å². The van der Waals surface area contributed by atoms with Gasteiger partial charge in [-0.3, -0.25) is 0 Å². The number of morpholine rings is 1. The fourth-order valence-electron chi connectivity index (χ4n) is 2.93. The molecule has 3 aliphatic rings. The van der Waals surface area contributed by atoms with Gasteiger partial charge < -0.3 is 15.4 Å². The van der Waals surface area contributed by atoms with Crippen molar-refractivity contribution in [2.75, 3.05) is 32.8 Å². The summed E-state index contributed by atoms with van der Waals surface area (Å²) in [7, 11) is 0. The number of nitrogens with one attached hydrogen (secondary N) is 2. The van der Waals surface area contributed by atoms with Gasteiger partial charge in [0.15, 0.2) is 0 Å². The van der Waals surface area contributed by atoms with E-state index in [0.717, 1.165) is 44.0 Å². The van der Waals surface area contributed by atoms with E-state index in [1.165, 1.54) is 32.2 Å². The standard InChI is InChI=1S/C13H24N2O/c1-2-10(1)13(11-3-4-11)9-15-8-12-7-14-5-6-16-12/h10-15H,1-9H2. The number of rotatable bonds is 6. The monoisotopic (exact) mass is 224 g/mol. The molecule has 2 saturated carbocycles. The number of hydrogen-bond donors (Lipinski definition) is 2. The van der Waals surface area contributed by atoms with E-state index in [2.05, 4.69) is 10.6 Å². The second-order valence-corrected chi connectivity index (χ2v) is 5.69. The molecule has 1 aliphatic heterocycles. The molecule has 0 spiro atoms. The molecule has 3 rings (SSSR count). The third kappa shape index (κ3) is 2.96. The SMILES string of the molecule is C1COC(CNCC(C2CC2)C2CC2)CN1. The molecular weight excluding hydrogens is 200 g/mol. The average molecular weight is 224 g/mol. The molecular formula is C13H24N2O. The van der Waals surface area contributed by atoms with Crippen LogP contribution in [0.25, 0.3) is 0 Å².